The molecule has 4 nitrogen and oxygen atoms in total. The average Bonchev–Trinajstić information content (AvgIpc) is 2.29. The molecule has 0 amide bonds. The lowest BCUT2D eigenvalue weighted by atomic mass is 10.0. The van der Waals surface area contributed by atoms with Gasteiger partial charge in [-0.1, -0.05) is 6.92 Å². The summed E-state index contributed by atoms with van der Waals surface area (Å²) in [6.45, 7) is 3.19. The predicted octanol–water partition coefficient (Wildman–Crippen LogP) is 0.814. The van der Waals surface area contributed by atoms with Crippen molar-refractivity contribution in [1.82, 2.24) is 9.88 Å². The van der Waals surface area contributed by atoms with Crippen molar-refractivity contribution in [2.75, 3.05) is 26.7 Å². The minimum absolute atomic E-state index is 0.0375. The van der Waals surface area contributed by atoms with Crippen molar-refractivity contribution in [2.24, 2.45) is 5.92 Å². The van der Waals surface area contributed by atoms with Crippen LogP contribution in [0, 0.1) is 11.7 Å². The zero-order valence-corrected chi connectivity index (χ0v) is 10.2. The summed E-state index contributed by atoms with van der Waals surface area (Å²) in [5.74, 6) is -0.449. The molecule has 0 bridgehead atoms. The van der Waals surface area contributed by atoms with Crippen molar-refractivity contribution in [3.05, 3.63) is 29.8 Å². The highest BCUT2D eigenvalue weighted by Gasteiger charge is 2.19. The van der Waals surface area contributed by atoms with Crippen LogP contribution in [-0.2, 0) is 0 Å². The number of pyridine rings is 1. The van der Waals surface area contributed by atoms with Crippen LogP contribution in [0.4, 0.5) is 4.39 Å². The summed E-state index contributed by atoms with van der Waals surface area (Å²) in [4.78, 5) is 5.79. The predicted molar refractivity (Wildman–Crippen MR) is 62.9 cm³/mol. The molecule has 0 aliphatic rings. The number of hydrogen-bond acceptors (Lipinski definition) is 4. The van der Waals surface area contributed by atoms with E-state index < -0.39 is 11.9 Å². The van der Waals surface area contributed by atoms with Gasteiger partial charge in [0.2, 0.25) is 0 Å². The first-order chi connectivity index (χ1) is 8.04. The van der Waals surface area contributed by atoms with Gasteiger partial charge in [0.1, 0.15) is 5.82 Å². The van der Waals surface area contributed by atoms with E-state index in [4.69, 9.17) is 5.11 Å². The Hall–Kier alpha value is -1.04. The standard InChI is InChI=1S/C12H19FN2O2/c1-9(8-15(2)5-6-16)12(17)11-4-3-10(13)7-14-11/h3-4,7,9,12,16-17H,5-6,8H2,1-2H3. The Morgan fingerprint density at radius 2 is 2.18 bits per heavy atom. The molecule has 0 spiro atoms. The van der Waals surface area contributed by atoms with E-state index in [1.165, 1.54) is 12.1 Å². The van der Waals surface area contributed by atoms with Crippen LogP contribution in [0.25, 0.3) is 0 Å². The second-order valence-electron chi connectivity index (χ2n) is 4.31. The van der Waals surface area contributed by atoms with Crippen LogP contribution in [0.3, 0.4) is 0 Å². The molecule has 96 valence electrons. The molecule has 0 aliphatic heterocycles. The van der Waals surface area contributed by atoms with E-state index in [2.05, 4.69) is 4.98 Å². The molecule has 1 rings (SSSR count). The van der Waals surface area contributed by atoms with E-state index in [0.29, 0.717) is 18.8 Å². The van der Waals surface area contributed by atoms with Crippen LogP contribution in [0.5, 0.6) is 0 Å². The molecule has 0 aromatic carbocycles. The summed E-state index contributed by atoms with van der Waals surface area (Å²) in [5.41, 5.74) is 0.469. The molecule has 0 saturated heterocycles. The maximum atomic E-state index is 12.7. The van der Waals surface area contributed by atoms with Gasteiger partial charge in [-0.05, 0) is 19.2 Å². The molecule has 1 heterocycles. The van der Waals surface area contributed by atoms with Gasteiger partial charge in [0.25, 0.3) is 0 Å². The lowest BCUT2D eigenvalue weighted by molar-refractivity contribution is 0.0864. The Balaban J connectivity index is 2.56. The van der Waals surface area contributed by atoms with E-state index >= 15 is 0 Å². The quantitative estimate of drug-likeness (QED) is 0.775. The van der Waals surface area contributed by atoms with E-state index in [-0.39, 0.29) is 12.5 Å². The number of nitrogens with zero attached hydrogens (tertiary/aromatic N) is 2. The van der Waals surface area contributed by atoms with Crippen LogP contribution < -0.4 is 0 Å². The Bertz CT molecular complexity index is 332. The summed E-state index contributed by atoms with van der Waals surface area (Å²) >= 11 is 0. The molecule has 1 aromatic rings. The minimum atomic E-state index is -0.725. The SMILES string of the molecule is CC(CN(C)CCO)C(O)c1ccc(F)cn1. The molecule has 0 fully saturated rings. The second kappa shape index (κ2) is 6.64. The van der Waals surface area contributed by atoms with E-state index in [1.807, 2.05) is 18.9 Å². The normalized spacial score (nSPS) is 14.9. The fourth-order valence-electron chi connectivity index (χ4n) is 1.71. The van der Waals surface area contributed by atoms with Crippen molar-refractivity contribution in [2.45, 2.75) is 13.0 Å². The van der Waals surface area contributed by atoms with Gasteiger partial charge in [-0.25, -0.2) is 4.39 Å². The highest BCUT2D eigenvalue weighted by molar-refractivity contribution is 5.08. The van der Waals surface area contributed by atoms with Crippen LogP contribution in [0.2, 0.25) is 0 Å². The number of hydrogen-bond donors (Lipinski definition) is 2. The summed E-state index contributed by atoms with van der Waals surface area (Å²) < 4.78 is 12.7. The van der Waals surface area contributed by atoms with Crippen molar-refractivity contribution >= 4 is 0 Å². The smallest absolute Gasteiger partial charge is 0.141 e. The Kier molecular flexibility index (Phi) is 5.47. The molecule has 0 radical (unpaired) electrons. The Morgan fingerprint density at radius 1 is 1.47 bits per heavy atom. The molecule has 2 N–H and O–H groups in total. The van der Waals surface area contributed by atoms with Crippen LogP contribution >= 0.6 is 0 Å². The van der Waals surface area contributed by atoms with E-state index in [1.54, 1.807) is 0 Å². The number of halogens is 1. The van der Waals surface area contributed by atoms with Crippen LogP contribution in [0.15, 0.2) is 18.3 Å². The van der Waals surface area contributed by atoms with Crippen LogP contribution in [-0.4, -0.2) is 46.8 Å². The van der Waals surface area contributed by atoms with Gasteiger partial charge in [-0.3, -0.25) is 4.98 Å². The molecule has 5 heteroatoms. The maximum absolute atomic E-state index is 12.7. The third-order valence-corrected chi connectivity index (χ3v) is 2.67. The summed E-state index contributed by atoms with van der Waals surface area (Å²) in [6.07, 6.45) is 0.375. The first kappa shape index (κ1) is 14.0. The van der Waals surface area contributed by atoms with Crippen molar-refractivity contribution in [3.63, 3.8) is 0 Å². The third kappa shape index (κ3) is 4.38. The fourth-order valence-corrected chi connectivity index (χ4v) is 1.71. The minimum Gasteiger partial charge on any atom is -0.395 e. The summed E-state index contributed by atoms with van der Waals surface area (Å²) in [6, 6.07) is 2.78. The lowest BCUT2D eigenvalue weighted by Gasteiger charge is -2.24. The number of aliphatic hydroxyl groups is 2. The van der Waals surface area contributed by atoms with Crippen LogP contribution in [0.1, 0.15) is 18.7 Å². The van der Waals surface area contributed by atoms with Gasteiger partial charge < -0.3 is 15.1 Å². The molecule has 1 aromatic heterocycles. The van der Waals surface area contributed by atoms with Gasteiger partial charge >= 0.3 is 0 Å². The van der Waals surface area contributed by atoms with E-state index in [0.717, 1.165) is 6.20 Å². The maximum Gasteiger partial charge on any atom is 0.141 e. The molecule has 2 unspecified atom stereocenters. The molecular formula is C12H19FN2O2. The molecule has 2 atom stereocenters. The van der Waals surface area contributed by atoms with Gasteiger partial charge in [0, 0.05) is 19.0 Å². The lowest BCUT2D eigenvalue weighted by Crippen LogP contribution is -2.30. The fraction of sp³-hybridized carbons (Fsp3) is 0.583. The van der Waals surface area contributed by atoms with Gasteiger partial charge in [-0.15, -0.1) is 0 Å². The highest BCUT2D eigenvalue weighted by Crippen LogP contribution is 2.20. The first-order valence-corrected chi connectivity index (χ1v) is 5.63. The average molecular weight is 242 g/mol. The number of aromatic nitrogens is 1. The van der Waals surface area contributed by atoms with Gasteiger partial charge in [0.05, 0.1) is 24.6 Å². The zero-order chi connectivity index (χ0) is 12.8. The Morgan fingerprint density at radius 3 is 2.71 bits per heavy atom. The monoisotopic (exact) mass is 242 g/mol. The summed E-state index contributed by atoms with van der Waals surface area (Å²) in [7, 11) is 1.87. The highest BCUT2D eigenvalue weighted by atomic mass is 19.1. The number of aliphatic hydroxyl groups excluding tert-OH is 2. The largest absolute Gasteiger partial charge is 0.395 e. The molecule has 0 aliphatic carbocycles. The van der Waals surface area contributed by atoms with Gasteiger partial charge in [0.15, 0.2) is 0 Å². The first-order valence-electron chi connectivity index (χ1n) is 5.63. The topological polar surface area (TPSA) is 56.6 Å². The summed E-state index contributed by atoms with van der Waals surface area (Å²) in [5, 5.41) is 18.8. The molecular weight excluding hydrogens is 223 g/mol. The van der Waals surface area contributed by atoms with Gasteiger partial charge in [-0.2, -0.15) is 0 Å². The zero-order valence-electron chi connectivity index (χ0n) is 10.2. The Labute approximate surface area is 101 Å². The molecule has 0 saturated carbocycles. The number of rotatable bonds is 6. The molecule has 17 heavy (non-hydrogen) atoms. The van der Waals surface area contributed by atoms with E-state index in [9.17, 15) is 9.50 Å². The number of likely N-dealkylation sites (N-methyl/N-ethyl adjacent to an activating group) is 1. The van der Waals surface area contributed by atoms with Crippen molar-refractivity contribution in [3.8, 4) is 0 Å². The second-order valence-corrected chi connectivity index (χ2v) is 4.31. The van der Waals surface area contributed by atoms with Crippen molar-refractivity contribution < 1.29 is 14.6 Å². The van der Waals surface area contributed by atoms with Crippen molar-refractivity contribution in [1.29, 1.82) is 0 Å². The third-order valence-electron chi connectivity index (χ3n) is 2.67.